The molecule has 0 amide bonds. The normalized spacial score (nSPS) is 15.3. The summed E-state index contributed by atoms with van der Waals surface area (Å²) < 4.78 is 10.2. The van der Waals surface area contributed by atoms with E-state index in [0.717, 1.165) is 32.5 Å². The van der Waals surface area contributed by atoms with Gasteiger partial charge in [0, 0.05) is 18.7 Å². The molecule has 0 saturated carbocycles. The van der Waals surface area contributed by atoms with Crippen molar-refractivity contribution in [2.75, 3.05) is 19.7 Å². The zero-order chi connectivity index (χ0) is 19.1. The number of rotatable bonds is 6. The minimum absolute atomic E-state index is 0.0574. The predicted octanol–water partition coefficient (Wildman–Crippen LogP) is 4.02. The molecule has 0 spiro atoms. The van der Waals surface area contributed by atoms with Crippen LogP contribution in [0.5, 0.6) is 5.75 Å². The molecule has 1 heterocycles. The summed E-state index contributed by atoms with van der Waals surface area (Å²) in [6.45, 7) is 3.21. The van der Waals surface area contributed by atoms with Gasteiger partial charge in [0.1, 0.15) is 5.75 Å². The monoisotopic (exact) mass is 370 g/mol. The van der Waals surface area contributed by atoms with E-state index < -0.39 is 11.1 Å². The Morgan fingerprint density at radius 1 is 1.07 bits per heavy atom. The molecule has 2 aromatic carbocycles. The van der Waals surface area contributed by atoms with Gasteiger partial charge in [-0.05, 0) is 49.5 Å². The van der Waals surface area contributed by atoms with Crippen LogP contribution in [0.25, 0.3) is 0 Å². The molecule has 0 aromatic heterocycles. The van der Waals surface area contributed by atoms with Crippen LogP contribution in [-0.4, -0.2) is 35.7 Å². The smallest absolute Gasteiger partial charge is 0.434 e. The zero-order valence-corrected chi connectivity index (χ0v) is 15.0. The van der Waals surface area contributed by atoms with E-state index in [4.69, 9.17) is 9.47 Å². The van der Waals surface area contributed by atoms with Crippen molar-refractivity contribution < 1.29 is 19.2 Å². The summed E-state index contributed by atoms with van der Waals surface area (Å²) in [5.74, 6) is 0.546. The molecule has 3 rings (SSSR count). The molecule has 7 heteroatoms. The van der Waals surface area contributed by atoms with Crippen LogP contribution in [0.3, 0.4) is 0 Å². The van der Waals surface area contributed by atoms with E-state index in [1.165, 1.54) is 29.8 Å². The fraction of sp³-hybridized carbons (Fsp3) is 0.350. The molecule has 0 atom stereocenters. The standard InChI is InChI=1S/C20H22N2O5/c23-20(27-19-8-6-18(7-9-19)22(24)25)26-15-17-10-12-21(13-11-17)14-16-4-2-1-3-5-16/h1-9,17H,10-15H2. The Balaban J connectivity index is 1.37. The van der Waals surface area contributed by atoms with Crippen LogP contribution >= 0.6 is 0 Å². The van der Waals surface area contributed by atoms with Crippen molar-refractivity contribution in [1.82, 2.24) is 4.90 Å². The quantitative estimate of drug-likeness (QED) is 0.331. The molecule has 2 aromatic rings. The average Bonchev–Trinajstić information content (AvgIpc) is 2.69. The van der Waals surface area contributed by atoms with E-state index in [2.05, 4.69) is 17.0 Å². The second-order valence-electron chi connectivity index (χ2n) is 6.62. The second-order valence-corrected chi connectivity index (χ2v) is 6.62. The largest absolute Gasteiger partial charge is 0.513 e. The number of nitro groups is 1. The Morgan fingerprint density at radius 3 is 2.37 bits per heavy atom. The summed E-state index contributed by atoms with van der Waals surface area (Å²) in [6.07, 6.45) is 1.16. The van der Waals surface area contributed by atoms with Crippen molar-refractivity contribution >= 4 is 11.8 Å². The molecule has 1 aliphatic heterocycles. The van der Waals surface area contributed by atoms with E-state index in [-0.39, 0.29) is 11.4 Å². The van der Waals surface area contributed by atoms with Crippen molar-refractivity contribution in [1.29, 1.82) is 0 Å². The van der Waals surface area contributed by atoms with E-state index >= 15 is 0 Å². The molecule has 0 bridgehead atoms. The van der Waals surface area contributed by atoms with Gasteiger partial charge in [-0.1, -0.05) is 30.3 Å². The first-order valence-corrected chi connectivity index (χ1v) is 8.95. The van der Waals surface area contributed by atoms with Crippen molar-refractivity contribution in [3.05, 3.63) is 70.3 Å². The number of nitrogens with zero attached hydrogens (tertiary/aromatic N) is 2. The highest BCUT2D eigenvalue weighted by Crippen LogP contribution is 2.21. The molecule has 1 saturated heterocycles. The lowest BCUT2D eigenvalue weighted by Crippen LogP contribution is -2.35. The predicted molar refractivity (Wildman–Crippen MR) is 99.5 cm³/mol. The molecule has 0 aliphatic carbocycles. The second kappa shape index (κ2) is 9.14. The number of nitro benzene ring substituents is 1. The van der Waals surface area contributed by atoms with Crippen molar-refractivity contribution in [2.45, 2.75) is 19.4 Å². The van der Waals surface area contributed by atoms with Crippen LogP contribution in [0, 0.1) is 16.0 Å². The average molecular weight is 370 g/mol. The fourth-order valence-corrected chi connectivity index (χ4v) is 3.10. The van der Waals surface area contributed by atoms with Gasteiger partial charge >= 0.3 is 6.16 Å². The number of piperidine rings is 1. The van der Waals surface area contributed by atoms with Crippen LogP contribution in [0.4, 0.5) is 10.5 Å². The van der Waals surface area contributed by atoms with E-state index in [1.54, 1.807) is 0 Å². The Labute approximate surface area is 157 Å². The molecule has 0 radical (unpaired) electrons. The molecule has 7 nitrogen and oxygen atoms in total. The lowest BCUT2D eigenvalue weighted by Gasteiger charge is -2.31. The lowest BCUT2D eigenvalue weighted by molar-refractivity contribution is -0.384. The highest BCUT2D eigenvalue weighted by Gasteiger charge is 2.21. The number of carbonyl (C=O) groups is 1. The SMILES string of the molecule is O=C(OCC1CCN(Cc2ccccc2)CC1)Oc1ccc([N+](=O)[O-])cc1. The maximum atomic E-state index is 11.8. The third kappa shape index (κ3) is 5.79. The maximum Gasteiger partial charge on any atom is 0.513 e. The van der Waals surface area contributed by atoms with Gasteiger partial charge in [-0.15, -0.1) is 0 Å². The maximum absolute atomic E-state index is 11.8. The molecular weight excluding hydrogens is 348 g/mol. The van der Waals surface area contributed by atoms with Crippen LogP contribution < -0.4 is 4.74 Å². The summed E-state index contributed by atoms with van der Waals surface area (Å²) in [5.41, 5.74) is 1.25. The number of carbonyl (C=O) groups excluding carboxylic acids is 1. The van der Waals surface area contributed by atoms with Gasteiger partial charge in [-0.2, -0.15) is 0 Å². The van der Waals surface area contributed by atoms with Gasteiger partial charge in [-0.3, -0.25) is 15.0 Å². The summed E-state index contributed by atoms with van der Waals surface area (Å²) in [5, 5.41) is 10.6. The first-order valence-electron chi connectivity index (χ1n) is 8.95. The number of benzene rings is 2. The number of hydrogen-bond donors (Lipinski definition) is 0. The van der Waals surface area contributed by atoms with Crippen LogP contribution in [0.15, 0.2) is 54.6 Å². The van der Waals surface area contributed by atoms with Gasteiger partial charge < -0.3 is 9.47 Å². The molecule has 0 N–H and O–H groups in total. The minimum Gasteiger partial charge on any atom is -0.434 e. The third-order valence-corrected chi connectivity index (χ3v) is 4.64. The molecule has 1 aliphatic rings. The first-order chi connectivity index (χ1) is 13.1. The molecule has 0 unspecified atom stereocenters. The van der Waals surface area contributed by atoms with Crippen molar-refractivity contribution in [2.24, 2.45) is 5.92 Å². The third-order valence-electron chi connectivity index (χ3n) is 4.64. The van der Waals surface area contributed by atoms with Crippen LogP contribution in [0.1, 0.15) is 18.4 Å². The zero-order valence-electron chi connectivity index (χ0n) is 15.0. The Bertz CT molecular complexity index is 756. The molecule has 142 valence electrons. The number of likely N-dealkylation sites (tertiary alicyclic amines) is 1. The Morgan fingerprint density at radius 2 is 1.74 bits per heavy atom. The van der Waals surface area contributed by atoms with Crippen LogP contribution in [-0.2, 0) is 11.3 Å². The highest BCUT2D eigenvalue weighted by molar-refractivity contribution is 5.64. The topological polar surface area (TPSA) is 81.9 Å². The summed E-state index contributed by atoms with van der Waals surface area (Å²) in [7, 11) is 0. The lowest BCUT2D eigenvalue weighted by atomic mass is 9.97. The molecule has 27 heavy (non-hydrogen) atoms. The summed E-state index contributed by atoms with van der Waals surface area (Å²) in [6, 6.07) is 15.7. The summed E-state index contributed by atoms with van der Waals surface area (Å²) in [4.78, 5) is 24.3. The number of non-ortho nitro benzene ring substituents is 1. The molecule has 1 fully saturated rings. The molecular formula is C20H22N2O5. The Hall–Kier alpha value is -2.93. The fourth-order valence-electron chi connectivity index (χ4n) is 3.10. The minimum atomic E-state index is -0.782. The van der Waals surface area contributed by atoms with E-state index in [9.17, 15) is 14.9 Å². The van der Waals surface area contributed by atoms with Gasteiger partial charge in [0.15, 0.2) is 0 Å². The van der Waals surface area contributed by atoms with Gasteiger partial charge in [0.05, 0.1) is 11.5 Å². The van der Waals surface area contributed by atoms with E-state index in [0.29, 0.717) is 12.5 Å². The van der Waals surface area contributed by atoms with Crippen LogP contribution in [0.2, 0.25) is 0 Å². The van der Waals surface area contributed by atoms with Gasteiger partial charge in [0.25, 0.3) is 5.69 Å². The first kappa shape index (κ1) is 18.8. The number of hydrogen-bond acceptors (Lipinski definition) is 6. The Kier molecular flexibility index (Phi) is 6.38. The summed E-state index contributed by atoms with van der Waals surface area (Å²) >= 11 is 0. The highest BCUT2D eigenvalue weighted by atomic mass is 16.7. The number of ether oxygens (including phenoxy) is 2. The van der Waals surface area contributed by atoms with Gasteiger partial charge in [0.2, 0.25) is 0 Å². The van der Waals surface area contributed by atoms with E-state index in [1.807, 2.05) is 18.2 Å². The van der Waals surface area contributed by atoms with Crippen molar-refractivity contribution in [3.63, 3.8) is 0 Å². The van der Waals surface area contributed by atoms with Gasteiger partial charge in [-0.25, -0.2) is 4.79 Å². The van der Waals surface area contributed by atoms with Crippen molar-refractivity contribution in [3.8, 4) is 5.75 Å².